The van der Waals surface area contributed by atoms with E-state index in [1.807, 2.05) is 0 Å². The first-order valence-electron chi connectivity index (χ1n) is 16.6. The lowest BCUT2D eigenvalue weighted by Crippen LogP contribution is -2.51. The highest BCUT2D eigenvalue weighted by atomic mass is 16.7. The summed E-state index contributed by atoms with van der Waals surface area (Å²) in [6.45, 7) is 31.4. The third-order valence-corrected chi connectivity index (χ3v) is 11.7. The number of hydrogen-bond acceptors (Lipinski definition) is 4. The second-order valence-corrected chi connectivity index (χ2v) is 17.5. The summed E-state index contributed by atoms with van der Waals surface area (Å²) in [6, 6.07) is 22.3. The lowest BCUT2D eigenvalue weighted by atomic mass is 9.48. The van der Waals surface area contributed by atoms with Gasteiger partial charge in [0.25, 0.3) is 0 Å². The normalized spacial score (nSPS) is 22.4. The van der Waals surface area contributed by atoms with Gasteiger partial charge in [0.1, 0.15) is 0 Å². The van der Waals surface area contributed by atoms with Gasteiger partial charge in [-0.15, -0.1) is 0 Å². The van der Waals surface area contributed by atoms with E-state index in [9.17, 15) is 0 Å². The Morgan fingerprint density at radius 2 is 1.00 bits per heavy atom. The molecule has 2 saturated heterocycles. The Morgan fingerprint density at radius 3 is 1.49 bits per heavy atom. The molecule has 6 heteroatoms. The minimum Gasteiger partial charge on any atom is -0.399 e. The Labute approximate surface area is 272 Å². The molecule has 0 aromatic heterocycles. The molecular formula is C39H52B2O4. The maximum absolute atomic E-state index is 6.76. The van der Waals surface area contributed by atoms with Crippen LogP contribution in [0.1, 0.15) is 108 Å². The Bertz CT molecular complexity index is 1590. The van der Waals surface area contributed by atoms with Crippen LogP contribution in [0.2, 0.25) is 0 Å². The molecule has 45 heavy (non-hydrogen) atoms. The van der Waals surface area contributed by atoms with Crippen LogP contribution in [0.3, 0.4) is 0 Å². The number of fused-ring (bicyclic) bond motifs is 3. The molecular weight excluding hydrogens is 554 g/mol. The van der Waals surface area contributed by atoms with Gasteiger partial charge in [-0.05, 0) is 111 Å². The molecule has 3 aromatic rings. The molecule has 2 aliphatic heterocycles. The van der Waals surface area contributed by atoms with Gasteiger partial charge < -0.3 is 18.6 Å². The highest BCUT2D eigenvalue weighted by Gasteiger charge is 2.61. The van der Waals surface area contributed by atoms with E-state index < -0.39 is 36.6 Å². The maximum atomic E-state index is 6.76. The lowest BCUT2D eigenvalue weighted by molar-refractivity contribution is 0.00578. The van der Waals surface area contributed by atoms with Gasteiger partial charge in [-0.2, -0.15) is 0 Å². The maximum Gasteiger partial charge on any atom is 0.495 e. The molecule has 0 radical (unpaired) electrons. The predicted octanol–water partition coefficient (Wildman–Crippen LogP) is 8.31. The molecule has 4 nitrogen and oxygen atoms in total. The zero-order valence-corrected chi connectivity index (χ0v) is 30.1. The third kappa shape index (κ3) is 4.57. The zero-order valence-electron chi connectivity index (χ0n) is 30.1. The van der Waals surface area contributed by atoms with Gasteiger partial charge in [-0.3, -0.25) is 0 Å². The fraction of sp³-hybridized carbons (Fsp3) is 0.538. The summed E-state index contributed by atoms with van der Waals surface area (Å²) in [5, 5.41) is 0. The highest BCUT2D eigenvalue weighted by Crippen LogP contribution is 2.66. The number of rotatable bonds is 3. The zero-order chi connectivity index (χ0) is 33.2. The van der Waals surface area contributed by atoms with Gasteiger partial charge in [0, 0.05) is 5.41 Å². The van der Waals surface area contributed by atoms with E-state index in [4.69, 9.17) is 18.6 Å². The van der Waals surface area contributed by atoms with Crippen LogP contribution in [0.15, 0.2) is 60.7 Å². The van der Waals surface area contributed by atoms with Gasteiger partial charge >= 0.3 is 14.2 Å². The molecule has 2 heterocycles. The van der Waals surface area contributed by atoms with Gasteiger partial charge in [0.2, 0.25) is 0 Å². The Balaban J connectivity index is 1.67. The van der Waals surface area contributed by atoms with Crippen molar-refractivity contribution in [2.45, 2.75) is 125 Å². The van der Waals surface area contributed by atoms with Crippen LogP contribution < -0.4 is 10.9 Å². The molecule has 0 amide bonds. The van der Waals surface area contributed by atoms with E-state index in [0.29, 0.717) is 0 Å². The monoisotopic (exact) mass is 606 g/mol. The van der Waals surface area contributed by atoms with Gasteiger partial charge in [-0.1, -0.05) is 102 Å². The fourth-order valence-electron chi connectivity index (χ4n) is 8.37. The number of hydrogen-bond donors (Lipinski definition) is 0. The van der Waals surface area contributed by atoms with Crippen molar-refractivity contribution in [1.82, 2.24) is 0 Å². The minimum absolute atomic E-state index is 0.169. The smallest absolute Gasteiger partial charge is 0.399 e. The van der Waals surface area contributed by atoms with Crippen molar-refractivity contribution in [3.05, 3.63) is 71.8 Å². The van der Waals surface area contributed by atoms with Crippen molar-refractivity contribution in [3.8, 4) is 22.3 Å². The molecule has 0 N–H and O–H groups in total. The van der Waals surface area contributed by atoms with E-state index in [2.05, 4.69) is 158 Å². The average Bonchev–Trinajstić information content (AvgIpc) is 3.43. The second-order valence-electron chi connectivity index (χ2n) is 17.5. The first-order chi connectivity index (χ1) is 20.6. The molecule has 0 spiro atoms. The molecule has 1 aliphatic carbocycles. The van der Waals surface area contributed by atoms with E-state index in [1.165, 1.54) is 33.4 Å². The van der Waals surface area contributed by atoms with Crippen LogP contribution in [0, 0.1) is 10.8 Å². The largest absolute Gasteiger partial charge is 0.495 e. The molecule has 0 atom stereocenters. The quantitative estimate of drug-likeness (QED) is 0.281. The summed E-state index contributed by atoms with van der Waals surface area (Å²) in [5.41, 5.74) is 7.31. The summed E-state index contributed by atoms with van der Waals surface area (Å²) < 4.78 is 26.7. The molecule has 6 rings (SSSR count). The summed E-state index contributed by atoms with van der Waals surface area (Å²) >= 11 is 0. The predicted molar refractivity (Wildman–Crippen MR) is 188 cm³/mol. The van der Waals surface area contributed by atoms with Gasteiger partial charge in [0.05, 0.1) is 22.4 Å². The highest BCUT2D eigenvalue weighted by molar-refractivity contribution is 6.64. The molecule has 0 unspecified atom stereocenters. The third-order valence-electron chi connectivity index (χ3n) is 11.7. The molecule has 0 saturated carbocycles. The van der Waals surface area contributed by atoms with Crippen molar-refractivity contribution < 1.29 is 18.6 Å². The number of benzene rings is 3. The minimum atomic E-state index is -0.489. The van der Waals surface area contributed by atoms with Crippen LogP contribution >= 0.6 is 0 Å². The molecule has 3 aromatic carbocycles. The van der Waals surface area contributed by atoms with Crippen LogP contribution in [-0.2, 0) is 24.0 Å². The Morgan fingerprint density at radius 1 is 0.533 bits per heavy atom. The van der Waals surface area contributed by atoms with Crippen LogP contribution in [0.5, 0.6) is 0 Å². The lowest BCUT2D eigenvalue weighted by Gasteiger charge is -2.54. The molecule has 0 bridgehead atoms. The summed E-state index contributed by atoms with van der Waals surface area (Å²) in [5.74, 6) is 0. The van der Waals surface area contributed by atoms with Crippen molar-refractivity contribution >= 4 is 25.2 Å². The van der Waals surface area contributed by atoms with Crippen molar-refractivity contribution in [3.63, 3.8) is 0 Å². The van der Waals surface area contributed by atoms with Crippen LogP contribution in [0.4, 0.5) is 0 Å². The van der Waals surface area contributed by atoms with E-state index in [0.717, 1.165) is 10.9 Å². The van der Waals surface area contributed by atoms with Gasteiger partial charge in [-0.25, -0.2) is 0 Å². The molecule has 2 fully saturated rings. The topological polar surface area (TPSA) is 36.9 Å². The van der Waals surface area contributed by atoms with Gasteiger partial charge in [0.15, 0.2) is 0 Å². The van der Waals surface area contributed by atoms with Crippen molar-refractivity contribution in [2.75, 3.05) is 0 Å². The van der Waals surface area contributed by atoms with Crippen molar-refractivity contribution in [2.24, 2.45) is 10.8 Å². The molecule has 3 aliphatic rings. The first kappa shape index (κ1) is 32.6. The Hall–Kier alpha value is -2.37. The first-order valence-corrected chi connectivity index (χ1v) is 16.6. The SMILES string of the molecule is CC(C)(C)C1(C(C)(C)C)c2cc(B3OC(C)(C)C(C)(C)O3)ccc2-c2ccc(B3OC(C)(C)C(C)(C)O3)c(-c3ccccc3)c21. The van der Waals surface area contributed by atoms with E-state index in [-0.39, 0.29) is 16.2 Å². The molecule has 238 valence electrons. The fourth-order valence-corrected chi connectivity index (χ4v) is 8.37. The summed E-state index contributed by atoms with van der Waals surface area (Å²) in [7, 11) is -0.923. The second kappa shape index (κ2) is 9.83. The summed E-state index contributed by atoms with van der Waals surface area (Å²) in [4.78, 5) is 0. The standard InChI is InChI=1S/C39H52B2O4/c1-33(2,3)39(34(4,5)6)29-24-26(40-42-35(7,8)36(9,10)43-40)20-21-27(29)28-22-23-30(41-44-37(11,12)38(13,14)45-41)31(32(28)39)25-18-16-15-17-19-25/h15-24H,1-14H3. The van der Waals surface area contributed by atoms with Crippen LogP contribution in [0.25, 0.3) is 22.3 Å². The van der Waals surface area contributed by atoms with E-state index in [1.54, 1.807) is 0 Å². The summed E-state index contributed by atoms with van der Waals surface area (Å²) in [6.07, 6.45) is 0. The average molecular weight is 606 g/mol. The van der Waals surface area contributed by atoms with E-state index >= 15 is 0 Å². The Kier molecular flexibility index (Phi) is 7.11. The van der Waals surface area contributed by atoms with Crippen LogP contribution in [-0.4, -0.2) is 36.6 Å². The van der Waals surface area contributed by atoms with Crippen molar-refractivity contribution in [1.29, 1.82) is 0 Å².